The van der Waals surface area contributed by atoms with Crippen LogP contribution in [0.15, 0.2) is 12.3 Å². The zero-order valence-corrected chi connectivity index (χ0v) is 7.45. The maximum atomic E-state index is 3.98. The van der Waals surface area contributed by atoms with Gasteiger partial charge < -0.3 is 4.90 Å². The summed E-state index contributed by atoms with van der Waals surface area (Å²) in [6.07, 6.45) is 4.37. The molecule has 1 aliphatic heterocycles. The van der Waals surface area contributed by atoms with Crippen molar-refractivity contribution in [2.45, 2.75) is 18.8 Å². The highest BCUT2D eigenvalue weighted by Gasteiger charge is 2.18. The second-order valence-corrected chi connectivity index (χ2v) is 3.59. The Morgan fingerprint density at radius 1 is 1.50 bits per heavy atom. The number of hydrogen-bond acceptors (Lipinski definition) is 2. The number of H-pyrrole nitrogens is 1. The summed E-state index contributed by atoms with van der Waals surface area (Å²) in [6, 6.07) is 2.09. The van der Waals surface area contributed by atoms with Crippen molar-refractivity contribution in [2.24, 2.45) is 0 Å². The fourth-order valence-electron chi connectivity index (χ4n) is 1.81. The van der Waals surface area contributed by atoms with E-state index in [1.807, 2.05) is 6.20 Å². The normalized spacial score (nSPS) is 21.4. The van der Waals surface area contributed by atoms with Crippen molar-refractivity contribution >= 4 is 0 Å². The molecule has 3 nitrogen and oxygen atoms in total. The van der Waals surface area contributed by atoms with Crippen LogP contribution in [0.1, 0.15) is 24.5 Å². The lowest BCUT2D eigenvalue weighted by molar-refractivity contribution is 0.253. The van der Waals surface area contributed by atoms with Gasteiger partial charge in [0.05, 0.1) is 0 Å². The smallest absolute Gasteiger partial charge is 0.0490 e. The van der Waals surface area contributed by atoms with Crippen LogP contribution >= 0.6 is 0 Å². The van der Waals surface area contributed by atoms with Gasteiger partial charge in [-0.3, -0.25) is 5.10 Å². The van der Waals surface area contributed by atoms with Crippen LogP contribution < -0.4 is 0 Å². The van der Waals surface area contributed by atoms with E-state index in [4.69, 9.17) is 0 Å². The van der Waals surface area contributed by atoms with Gasteiger partial charge >= 0.3 is 0 Å². The van der Waals surface area contributed by atoms with Crippen LogP contribution in [0.4, 0.5) is 0 Å². The molecule has 1 aromatic heterocycles. The van der Waals surface area contributed by atoms with E-state index in [-0.39, 0.29) is 0 Å². The van der Waals surface area contributed by atoms with Gasteiger partial charge in [-0.25, -0.2) is 0 Å². The highest BCUT2D eigenvalue weighted by atomic mass is 15.1. The van der Waals surface area contributed by atoms with Gasteiger partial charge in [-0.2, -0.15) is 5.10 Å². The standard InChI is InChI=1S/C9H15N3/c1-12-6-3-8(4-7-12)9-2-5-10-11-9/h2,5,8H,3-4,6-7H2,1H3,(H,10,11). The monoisotopic (exact) mass is 165 g/mol. The predicted octanol–water partition coefficient (Wildman–Crippen LogP) is 1.22. The van der Waals surface area contributed by atoms with Crippen molar-refractivity contribution in [3.63, 3.8) is 0 Å². The lowest BCUT2D eigenvalue weighted by Crippen LogP contribution is -2.29. The van der Waals surface area contributed by atoms with Crippen LogP contribution in [0, 0.1) is 0 Å². The summed E-state index contributed by atoms with van der Waals surface area (Å²) in [7, 11) is 2.18. The second-order valence-electron chi connectivity index (χ2n) is 3.59. The molecule has 2 rings (SSSR count). The number of aromatic amines is 1. The first kappa shape index (κ1) is 7.80. The topological polar surface area (TPSA) is 31.9 Å². The van der Waals surface area contributed by atoms with Gasteiger partial charge in [-0.1, -0.05) is 0 Å². The molecule has 1 aromatic rings. The van der Waals surface area contributed by atoms with E-state index >= 15 is 0 Å². The predicted molar refractivity (Wildman–Crippen MR) is 48.1 cm³/mol. The van der Waals surface area contributed by atoms with Crippen LogP contribution in [0.5, 0.6) is 0 Å². The molecule has 0 aromatic carbocycles. The van der Waals surface area contributed by atoms with Gasteiger partial charge in [0.1, 0.15) is 0 Å². The second kappa shape index (κ2) is 3.27. The van der Waals surface area contributed by atoms with Gasteiger partial charge in [0.15, 0.2) is 0 Å². The minimum atomic E-state index is 0.712. The van der Waals surface area contributed by atoms with E-state index in [0.29, 0.717) is 5.92 Å². The van der Waals surface area contributed by atoms with Gasteiger partial charge in [-0.05, 0) is 39.0 Å². The summed E-state index contributed by atoms with van der Waals surface area (Å²) < 4.78 is 0. The molecule has 1 saturated heterocycles. The van der Waals surface area contributed by atoms with E-state index < -0.39 is 0 Å². The number of rotatable bonds is 1. The zero-order chi connectivity index (χ0) is 8.39. The van der Waals surface area contributed by atoms with Crippen molar-refractivity contribution < 1.29 is 0 Å². The molecular formula is C9H15N3. The largest absolute Gasteiger partial charge is 0.306 e. The van der Waals surface area contributed by atoms with E-state index in [9.17, 15) is 0 Å². The third kappa shape index (κ3) is 1.50. The zero-order valence-electron chi connectivity index (χ0n) is 7.45. The molecule has 0 amide bonds. The van der Waals surface area contributed by atoms with Crippen molar-refractivity contribution in [1.82, 2.24) is 15.1 Å². The number of likely N-dealkylation sites (tertiary alicyclic amines) is 1. The summed E-state index contributed by atoms with van der Waals surface area (Å²) in [4.78, 5) is 2.38. The first-order valence-corrected chi connectivity index (χ1v) is 4.54. The van der Waals surface area contributed by atoms with Gasteiger partial charge in [0.2, 0.25) is 0 Å². The minimum absolute atomic E-state index is 0.712. The summed E-state index contributed by atoms with van der Waals surface area (Å²) >= 11 is 0. The molecule has 12 heavy (non-hydrogen) atoms. The lowest BCUT2D eigenvalue weighted by Gasteiger charge is -2.27. The van der Waals surface area contributed by atoms with E-state index in [2.05, 4.69) is 28.2 Å². The van der Waals surface area contributed by atoms with Crippen molar-refractivity contribution in [3.05, 3.63) is 18.0 Å². The number of nitrogens with zero attached hydrogens (tertiary/aromatic N) is 2. The maximum Gasteiger partial charge on any atom is 0.0490 e. The van der Waals surface area contributed by atoms with E-state index in [1.54, 1.807) is 0 Å². The Morgan fingerprint density at radius 3 is 2.83 bits per heavy atom. The first-order valence-electron chi connectivity index (χ1n) is 4.54. The fourth-order valence-corrected chi connectivity index (χ4v) is 1.81. The molecule has 1 N–H and O–H groups in total. The molecule has 3 heteroatoms. The minimum Gasteiger partial charge on any atom is -0.306 e. The first-order chi connectivity index (χ1) is 5.86. The van der Waals surface area contributed by atoms with Crippen LogP contribution in [0.25, 0.3) is 0 Å². The highest BCUT2D eigenvalue weighted by Crippen LogP contribution is 2.25. The van der Waals surface area contributed by atoms with Crippen LogP contribution in [0.3, 0.4) is 0 Å². The maximum absolute atomic E-state index is 3.98. The molecule has 0 radical (unpaired) electrons. The molecule has 0 unspecified atom stereocenters. The molecule has 66 valence electrons. The van der Waals surface area contributed by atoms with Gasteiger partial charge in [0, 0.05) is 17.8 Å². The average molecular weight is 165 g/mol. The summed E-state index contributed by atoms with van der Waals surface area (Å²) in [5.41, 5.74) is 1.31. The van der Waals surface area contributed by atoms with E-state index in [0.717, 1.165) is 0 Å². The third-order valence-electron chi connectivity index (χ3n) is 2.68. The quantitative estimate of drug-likeness (QED) is 0.678. The Hall–Kier alpha value is -0.830. The average Bonchev–Trinajstić information content (AvgIpc) is 2.58. The summed E-state index contributed by atoms with van der Waals surface area (Å²) in [6.45, 7) is 2.42. The van der Waals surface area contributed by atoms with Crippen LogP contribution in [-0.2, 0) is 0 Å². The Balaban J connectivity index is 1.99. The van der Waals surface area contributed by atoms with Gasteiger partial charge in [-0.15, -0.1) is 0 Å². The number of hydrogen-bond donors (Lipinski definition) is 1. The molecule has 1 aliphatic rings. The third-order valence-corrected chi connectivity index (χ3v) is 2.68. The Labute approximate surface area is 72.8 Å². The Morgan fingerprint density at radius 2 is 2.25 bits per heavy atom. The fraction of sp³-hybridized carbons (Fsp3) is 0.667. The van der Waals surface area contributed by atoms with Gasteiger partial charge in [0.25, 0.3) is 0 Å². The SMILES string of the molecule is CN1CCC(c2ccn[nH]2)CC1. The molecule has 0 spiro atoms. The molecule has 0 bridgehead atoms. The highest BCUT2D eigenvalue weighted by molar-refractivity contribution is 5.06. The van der Waals surface area contributed by atoms with Crippen LogP contribution in [-0.4, -0.2) is 35.2 Å². The summed E-state index contributed by atoms with van der Waals surface area (Å²) in [5, 5.41) is 7.03. The molecule has 0 saturated carbocycles. The lowest BCUT2D eigenvalue weighted by atomic mass is 9.94. The van der Waals surface area contributed by atoms with Crippen LogP contribution in [0.2, 0.25) is 0 Å². The molecule has 2 heterocycles. The van der Waals surface area contributed by atoms with Crippen molar-refractivity contribution in [1.29, 1.82) is 0 Å². The number of piperidine rings is 1. The number of aromatic nitrogens is 2. The number of nitrogens with one attached hydrogen (secondary N) is 1. The molecule has 0 atom stereocenters. The van der Waals surface area contributed by atoms with E-state index in [1.165, 1.54) is 31.6 Å². The Bertz CT molecular complexity index is 222. The van der Waals surface area contributed by atoms with Crippen molar-refractivity contribution in [2.75, 3.05) is 20.1 Å². The summed E-state index contributed by atoms with van der Waals surface area (Å²) in [5.74, 6) is 0.712. The molecule has 1 fully saturated rings. The molecule has 0 aliphatic carbocycles. The Kier molecular flexibility index (Phi) is 2.13. The van der Waals surface area contributed by atoms with Crippen molar-refractivity contribution in [3.8, 4) is 0 Å². The molecular weight excluding hydrogens is 150 g/mol.